The quantitative estimate of drug-likeness (QED) is 0.633. The molecular weight excluding hydrogens is 407 g/mol. The highest BCUT2D eigenvalue weighted by molar-refractivity contribution is 6.31. The molecule has 7 heteroatoms. The fraction of sp³-hybridized carbons (Fsp3) is 0.391. The second-order valence-electron chi connectivity index (χ2n) is 7.65. The molecule has 2 amide bonds. The van der Waals surface area contributed by atoms with Gasteiger partial charge in [0, 0.05) is 36.0 Å². The second kappa shape index (κ2) is 9.94. The molecule has 0 radical (unpaired) electrons. The van der Waals surface area contributed by atoms with Gasteiger partial charge in [0.1, 0.15) is 11.6 Å². The number of rotatable bonds is 9. The summed E-state index contributed by atoms with van der Waals surface area (Å²) in [6.45, 7) is 0.481. The van der Waals surface area contributed by atoms with E-state index in [1.807, 2.05) is 24.3 Å². The molecule has 2 N–H and O–H groups in total. The van der Waals surface area contributed by atoms with Crippen molar-refractivity contribution < 1.29 is 18.7 Å². The van der Waals surface area contributed by atoms with E-state index < -0.39 is 5.54 Å². The summed E-state index contributed by atoms with van der Waals surface area (Å²) in [6, 6.07) is 12.2. The van der Waals surface area contributed by atoms with E-state index in [1.165, 1.54) is 13.2 Å². The van der Waals surface area contributed by atoms with Crippen molar-refractivity contribution >= 4 is 23.4 Å². The standard InChI is InChI=1S/C23H26ClFN2O3/c1-30-18-7-6-17(20(25)14-18)15-23(12-9-22(29)27-23)11-8-21(28)26-13-10-16-4-2-3-5-19(16)24/h2-7,14H,8-13,15H2,1H3,(H,26,28)(H,27,29). The first-order valence-electron chi connectivity index (χ1n) is 10.0. The molecule has 0 spiro atoms. The Labute approximate surface area is 181 Å². The zero-order valence-electron chi connectivity index (χ0n) is 17.0. The number of ether oxygens (including phenoxy) is 1. The monoisotopic (exact) mass is 432 g/mol. The van der Waals surface area contributed by atoms with Crippen LogP contribution in [0.2, 0.25) is 5.02 Å². The van der Waals surface area contributed by atoms with Gasteiger partial charge in [-0.15, -0.1) is 0 Å². The van der Waals surface area contributed by atoms with Gasteiger partial charge in [-0.3, -0.25) is 9.59 Å². The third-order valence-corrected chi connectivity index (χ3v) is 5.90. The minimum absolute atomic E-state index is 0.0666. The van der Waals surface area contributed by atoms with E-state index >= 15 is 0 Å². The van der Waals surface area contributed by atoms with Gasteiger partial charge < -0.3 is 15.4 Å². The minimum atomic E-state index is -0.618. The molecule has 30 heavy (non-hydrogen) atoms. The summed E-state index contributed by atoms with van der Waals surface area (Å²) in [6.07, 6.45) is 2.63. The van der Waals surface area contributed by atoms with E-state index in [1.54, 1.807) is 12.1 Å². The van der Waals surface area contributed by atoms with Crippen molar-refractivity contribution in [3.05, 3.63) is 64.4 Å². The van der Waals surface area contributed by atoms with Crippen molar-refractivity contribution in [1.82, 2.24) is 10.6 Å². The maximum atomic E-state index is 14.4. The Bertz CT molecular complexity index is 921. The topological polar surface area (TPSA) is 67.4 Å². The van der Waals surface area contributed by atoms with Gasteiger partial charge in [0.2, 0.25) is 11.8 Å². The van der Waals surface area contributed by atoms with Gasteiger partial charge in [0.05, 0.1) is 7.11 Å². The van der Waals surface area contributed by atoms with Crippen LogP contribution >= 0.6 is 11.6 Å². The van der Waals surface area contributed by atoms with Gasteiger partial charge in [0.15, 0.2) is 0 Å². The smallest absolute Gasteiger partial charge is 0.220 e. The van der Waals surface area contributed by atoms with Crippen molar-refractivity contribution in [1.29, 1.82) is 0 Å². The van der Waals surface area contributed by atoms with Gasteiger partial charge in [0.25, 0.3) is 0 Å². The Morgan fingerprint density at radius 3 is 2.73 bits per heavy atom. The lowest BCUT2D eigenvalue weighted by Gasteiger charge is -2.29. The van der Waals surface area contributed by atoms with Gasteiger partial charge >= 0.3 is 0 Å². The first kappa shape index (κ1) is 22.1. The molecule has 5 nitrogen and oxygen atoms in total. The highest BCUT2D eigenvalue weighted by Gasteiger charge is 2.38. The maximum Gasteiger partial charge on any atom is 0.220 e. The second-order valence-corrected chi connectivity index (χ2v) is 8.06. The van der Waals surface area contributed by atoms with Gasteiger partial charge in [-0.2, -0.15) is 0 Å². The van der Waals surface area contributed by atoms with Crippen molar-refractivity contribution in [2.24, 2.45) is 0 Å². The molecule has 1 heterocycles. The molecule has 3 rings (SSSR count). The fourth-order valence-corrected chi connectivity index (χ4v) is 4.05. The number of halogens is 2. The van der Waals surface area contributed by atoms with Crippen LogP contribution in [-0.4, -0.2) is 31.0 Å². The van der Waals surface area contributed by atoms with E-state index in [-0.39, 0.29) is 24.1 Å². The summed E-state index contributed by atoms with van der Waals surface area (Å²) in [4.78, 5) is 24.3. The molecule has 2 aromatic rings. The first-order chi connectivity index (χ1) is 14.4. The molecule has 1 fully saturated rings. The molecule has 0 bridgehead atoms. The average Bonchev–Trinajstić information content (AvgIpc) is 3.10. The van der Waals surface area contributed by atoms with Crippen LogP contribution in [0.3, 0.4) is 0 Å². The molecule has 1 unspecified atom stereocenters. The summed E-state index contributed by atoms with van der Waals surface area (Å²) in [5.74, 6) is -0.0986. The molecule has 1 atom stereocenters. The van der Waals surface area contributed by atoms with E-state index in [4.69, 9.17) is 16.3 Å². The van der Waals surface area contributed by atoms with Crippen LogP contribution < -0.4 is 15.4 Å². The molecule has 0 saturated carbocycles. The summed E-state index contributed by atoms with van der Waals surface area (Å²) < 4.78 is 19.5. The number of amides is 2. The van der Waals surface area contributed by atoms with E-state index in [9.17, 15) is 14.0 Å². The average molecular weight is 433 g/mol. The molecule has 0 aliphatic carbocycles. The van der Waals surface area contributed by atoms with Crippen molar-refractivity contribution in [2.45, 2.75) is 44.1 Å². The molecular formula is C23H26ClFN2O3. The van der Waals surface area contributed by atoms with Gasteiger partial charge in [-0.25, -0.2) is 4.39 Å². The summed E-state index contributed by atoms with van der Waals surface area (Å²) in [5.41, 5.74) is 0.859. The van der Waals surface area contributed by atoms with E-state index in [0.717, 1.165) is 5.56 Å². The minimum Gasteiger partial charge on any atom is -0.497 e. The Balaban J connectivity index is 1.56. The predicted octanol–water partition coefficient (Wildman–Crippen LogP) is 3.82. The zero-order valence-corrected chi connectivity index (χ0v) is 17.7. The summed E-state index contributed by atoms with van der Waals surface area (Å²) >= 11 is 6.14. The Hall–Kier alpha value is -2.60. The number of methoxy groups -OCH3 is 1. The molecule has 0 aromatic heterocycles. The van der Waals surface area contributed by atoms with Crippen LogP contribution in [0.15, 0.2) is 42.5 Å². The predicted molar refractivity (Wildman–Crippen MR) is 114 cm³/mol. The number of hydrogen-bond donors (Lipinski definition) is 2. The lowest BCUT2D eigenvalue weighted by atomic mass is 9.84. The Morgan fingerprint density at radius 1 is 1.27 bits per heavy atom. The SMILES string of the molecule is COc1ccc(CC2(CCC(=O)NCCc3ccccc3Cl)CCC(=O)N2)c(F)c1. The fourth-order valence-electron chi connectivity index (χ4n) is 3.82. The first-order valence-corrected chi connectivity index (χ1v) is 10.4. The van der Waals surface area contributed by atoms with Crippen LogP contribution in [0.5, 0.6) is 5.75 Å². The highest BCUT2D eigenvalue weighted by atomic mass is 35.5. The molecule has 2 aromatic carbocycles. The van der Waals surface area contributed by atoms with E-state index in [2.05, 4.69) is 10.6 Å². The number of nitrogens with one attached hydrogen (secondary N) is 2. The van der Waals surface area contributed by atoms with Crippen molar-refractivity contribution in [3.8, 4) is 5.75 Å². The summed E-state index contributed by atoms with van der Waals surface area (Å²) in [7, 11) is 1.48. The molecule has 1 aliphatic rings. The van der Waals surface area contributed by atoms with E-state index in [0.29, 0.717) is 55.0 Å². The lowest BCUT2D eigenvalue weighted by Crippen LogP contribution is -2.44. The van der Waals surface area contributed by atoms with Crippen LogP contribution in [-0.2, 0) is 22.4 Å². The normalized spacial score (nSPS) is 18.2. The van der Waals surface area contributed by atoms with Crippen LogP contribution in [0.1, 0.15) is 36.8 Å². The number of hydrogen-bond acceptors (Lipinski definition) is 3. The van der Waals surface area contributed by atoms with Crippen LogP contribution in [0.25, 0.3) is 0 Å². The van der Waals surface area contributed by atoms with Gasteiger partial charge in [-0.1, -0.05) is 35.9 Å². The van der Waals surface area contributed by atoms with Gasteiger partial charge in [-0.05, 0) is 48.9 Å². The maximum absolute atomic E-state index is 14.4. The van der Waals surface area contributed by atoms with Crippen molar-refractivity contribution in [3.63, 3.8) is 0 Å². The molecule has 1 saturated heterocycles. The molecule has 160 valence electrons. The third kappa shape index (κ3) is 5.72. The Morgan fingerprint density at radius 2 is 2.07 bits per heavy atom. The van der Waals surface area contributed by atoms with Crippen LogP contribution in [0, 0.1) is 5.82 Å². The number of carbonyl (C=O) groups is 2. The van der Waals surface area contributed by atoms with Crippen molar-refractivity contribution in [2.75, 3.05) is 13.7 Å². The number of carbonyl (C=O) groups excluding carboxylic acids is 2. The third-order valence-electron chi connectivity index (χ3n) is 5.53. The highest BCUT2D eigenvalue weighted by Crippen LogP contribution is 2.31. The van der Waals surface area contributed by atoms with Crippen LogP contribution in [0.4, 0.5) is 4.39 Å². The largest absolute Gasteiger partial charge is 0.497 e. The zero-order chi connectivity index (χ0) is 21.6. The lowest BCUT2D eigenvalue weighted by molar-refractivity contribution is -0.122. The molecule has 1 aliphatic heterocycles. The number of benzene rings is 2. The Kier molecular flexibility index (Phi) is 7.32. The summed E-state index contributed by atoms with van der Waals surface area (Å²) in [5, 5.41) is 6.56.